The first-order chi connectivity index (χ1) is 15.5. The van der Waals surface area contributed by atoms with Gasteiger partial charge in [0.1, 0.15) is 11.5 Å². The van der Waals surface area contributed by atoms with Crippen molar-refractivity contribution in [2.75, 3.05) is 46.6 Å². The number of ether oxygens (including phenoxy) is 5. The minimum Gasteiger partial charge on any atom is -0.497 e. The number of rotatable bonds is 10. The van der Waals surface area contributed by atoms with Crippen molar-refractivity contribution in [3.8, 4) is 40.2 Å². The molecule has 10 nitrogen and oxygen atoms in total. The van der Waals surface area contributed by atoms with Gasteiger partial charge in [-0.3, -0.25) is 4.79 Å². The summed E-state index contributed by atoms with van der Waals surface area (Å²) < 4.78 is 32.1. The zero-order chi connectivity index (χ0) is 23.1. The molecule has 0 bridgehead atoms. The van der Waals surface area contributed by atoms with Gasteiger partial charge in [-0.1, -0.05) is 11.8 Å². The van der Waals surface area contributed by atoms with Crippen molar-refractivity contribution in [3.63, 3.8) is 0 Å². The summed E-state index contributed by atoms with van der Waals surface area (Å²) >= 11 is 1.11. The lowest BCUT2D eigenvalue weighted by molar-refractivity contribution is -0.113. The molecule has 32 heavy (non-hydrogen) atoms. The van der Waals surface area contributed by atoms with Crippen molar-refractivity contribution >= 4 is 23.4 Å². The maximum Gasteiger partial charge on any atom is 0.277 e. The van der Waals surface area contributed by atoms with Crippen molar-refractivity contribution < 1.29 is 32.9 Å². The van der Waals surface area contributed by atoms with E-state index in [0.717, 1.165) is 11.8 Å². The molecule has 11 heteroatoms. The topological polar surface area (TPSA) is 114 Å². The summed E-state index contributed by atoms with van der Waals surface area (Å²) in [7, 11) is 7.63. The molecule has 0 saturated heterocycles. The molecule has 0 saturated carbocycles. The summed E-state index contributed by atoms with van der Waals surface area (Å²) in [4.78, 5) is 12.4. The van der Waals surface area contributed by atoms with E-state index in [4.69, 9.17) is 28.1 Å². The lowest BCUT2D eigenvalue weighted by Crippen LogP contribution is -2.14. The van der Waals surface area contributed by atoms with Gasteiger partial charge in [0.15, 0.2) is 11.5 Å². The molecule has 1 heterocycles. The Balaban J connectivity index is 1.68. The van der Waals surface area contributed by atoms with Crippen LogP contribution < -0.4 is 29.0 Å². The summed E-state index contributed by atoms with van der Waals surface area (Å²) in [6.45, 7) is 0. The van der Waals surface area contributed by atoms with Gasteiger partial charge in [0.2, 0.25) is 17.5 Å². The summed E-state index contributed by atoms with van der Waals surface area (Å²) in [5, 5.41) is 11.1. The van der Waals surface area contributed by atoms with Gasteiger partial charge >= 0.3 is 0 Å². The largest absolute Gasteiger partial charge is 0.497 e. The molecule has 0 aliphatic heterocycles. The van der Waals surface area contributed by atoms with Crippen molar-refractivity contribution in [2.45, 2.75) is 5.22 Å². The van der Waals surface area contributed by atoms with Gasteiger partial charge in [0.05, 0.1) is 47.0 Å². The highest BCUT2D eigenvalue weighted by atomic mass is 32.2. The summed E-state index contributed by atoms with van der Waals surface area (Å²) in [6, 6.07) is 8.52. The predicted octanol–water partition coefficient (Wildman–Crippen LogP) is 3.51. The molecule has 3 aromatic rings. The standard InChI is InChI=1S/C21H23N3O7S/c1-26-13-6-7-14(15(10-13)27-2)22-18(25)11-32-21-24-23-20(31-21)12-8-16(28-3)19(30-5)17(9-12)29-4/h6-10H,11H2,1-5H3,(H,22,25). The van der Waals surface area contributed by atoms with Gasteiger partial charge in [0, 0.05) is 11.6 Å². The molecule has 170 valence electrons. The number of hydrogen-bond acceptors (Lipinski definition) is 10. The summed E-state index contributed by atoms with van der Waals surface area (Å²) in [6.07, 6.45) is 0. The molecule has 0 spiro atoms. The van der Waals surface area contributed by atoms with Crippen LogP contribution in [0.2, 0.25) is 0 Å². The third-order valence-electron chi connectivity index (χ3n) is 4.33. The number of nitrogens with one attached hydrogen (secondary N) is 1. The average molecular weight is 461 g/mol. The number of amides is 1. The quantitative estimate of drug-likeness (QED) is 0.450. The monoisotopic (exact) mass is 461 g/mol. The molecule has 0 atom stereocenters. The second-order valence-corrected chi connectivity index (χ2v) is 7.12. The summed E-state index contributed by atoms with van der Waals surface area (Å²) in [5.74, 6) is 2.55. The predicted molar refractivity (Wildman–Crippen MR) is 118 cm³/mol. The molecule has 1 aromatic heterocycles. The molecule has 1 amide bonds. The van der Waals surface area contributed by atoms with Gasteiger partial charge in [-0.25, -0.2) is 0 Å². The Kier molecular flexibility index (Phi) is 7.66. The van der Waals surface area contributed by atoms with Gasteiger partial charge in [0.25, 0.3) is 5.22 Å². The zero-order valence-electron chi connectivity index (χ0n) is 18.3. The van der Waals surface area contributed by atoms with Crippen LogP contribution in [0.4, 0.5) is 5.69 Å². The Hall–Kier alpha value is -3.60. The van der Waals surface area contributed by atoms with Crippen LogP contribution in [0, 0.1) is 0 Å². The number of aromatic nitrogens is 2. The van der Waals surface area contributed by atoms with Crippen LogP contribution in [-0.2, 0) is 4.79 Å². The highest BCUT2D eigenvalue weighted by Crippen LogP contribution is 2.41. The minimum atomic E-state index is -0.258. The molecule has 0 aliphatic rings. The fourth-order valence-corrected chi connectivity index (χ4v) is 3.37. The SMILES string of the molecule is COc1ccc(NC(=O)CSc2nnc(-c3cc(OC)c(OC)c(OC)c3)o2)c(OC)c1. The van der Waals surface area contributed by atoms with Crippen LogP contribution in [0.15, 0.2) is 40.0 Å². The van der Waals surface area contributed by atoms with E-state index in [2.05, 4.69) is 15.5 Å². The number of anilines is 1. The second kappa shape index (κ2) is 10.6. The van der Waals surface area contributed by atoms with Gasteiger partial charge in [-0.15, -0.1) is 10.2 Å². The van der Waals surface area contributed by atoms with E-state index in [1.807, 2.05) is 0 Å². The Morgan fingerprint density at radius 3 is 2.19 bits per heavy atom. The zero-order valence-corrected chi connectivity index (χ0v) is 19.1. The Morgan fingerprint density at radius 1 is 0.906 bits per heavy atom. The first-order valence-corrected chi connectivity index (χ1v) is 10.3. The molecule has 0 aliphatic carbocycles. The Labute approximate surface area is 189 Å². The molecule has 0 unspecified atom stereocenters. The van der Waals surface area contributed by atoms with E-state index >= 15 is 0 Å². The van der Waals surface area contributed by atoms with E-state index in [1.54, 1.807) is 37.4 Å². The maximum atomic E-state index is 12.4. The van der Waals surface area contributed by atoms with E-state index < -0.39 is 0 Å². The van der Waals surface area contributed by atoms with Crippen LogP contribution >= 0.6 is 11.8 Å². The fourth-order valence-electron chi connectivity index (χ4n) is 2.80. The van der Waals surface area contributed by atoms with Crippen LogP contribution in [0.3, 0.4) is 0 Å². The number of thioether (sulfide) groups is 1. The van der Waals surface area contributed by atoms with Crippen molar-refractivity contribution in [3.05, 3.63) is 30.3 Å². The molecule has 0 fully saturated rings. The number of nitrogens with zero attached hydrogens (tertiary/aromatic N) is 2. The van der Waals surface area contributed by atoms with Crippen molar-refractivity contribution in [2.24, 2.45) is 0 Å². The van der Waals surface area contributed by atoms with E-state index in [0.29, 0.717) is 40.0 Å². The fraction of sp³-hybridized carbons (Fsp3) is 0.286. The Bertz CT molecular complexity index is 1060. The first kappa shape index (κ1) is 23.1. The van der Waals surface area contributed by atoms with Crippen LogP contribution in [0.25, 0.3) is 11.5 Å². The molecule has 1 N–H and O–H groups in total. The summed E-state index contributed by atoms with van der Waals surface area (Å²) in [5.41, 5.74) is 1.12. The molecular formula is C21H23N3O7S. The lowest BCUT2D eigenvalue weighted by Gasteiger charge is -2.12. The smallest absolute Gasteiger partial charge is 0.277 e. The molecule has 3 rings (SSSR count). The van der Waals surface area contributed by atoms with Crippen LogP contribution in [0.1, 0.15) is 0 Å². The number of carbonyl (C=O) groups excluding carboxylic acids is 1. The lowest BCUT2D eigenvalue weighted by atomic mass is 10.2. The number of hydrogen-bond donors (Lipinski definition) is 1. The molecular weight excluding hydrogens is 438 g/mol. The highest BCUT2D eigenvalue weighted by molar-refractivity contribution is 7.99. The van der Waals surface area contributed by atoms with Gasteiger partial charge in [-0.05, 0) is 24.3 Å². The highest BCUT2D eigenvalue weighted by Gasteiger charge is 2.18. The van der Waals surface area contributed by atoms with E-state index in [9.17, 15) is 4.79 Å². The van der Waals surface area contributed by atoms with Crippen LogP contribution in [-0.4, -0.2) is 57.4 Å². The third-order valence-corrected chi connectivity index (χ3v) is 5.15. The third kappa shape index (κ3) is 5.17. The average Bonchev–Trinajstić information content (AvgIpc) is 3.31. The van der Waals surface area contributed by atoms with Crippen molar-refractivity contribution in [1.82, 2.24) is 10.2 Å². The minimum absolute atomic E-state index is 0.0616. The molecule has 2 aromatic carbocycles. The Morgan fingerprint density at radius 2 is 1.59 bits per heavy atom. The molecule has 0 radical (unpaired) electrons. The van der Waals surface area contributed by atoms with Crippen molar-refractivity contribution in [1.29, 1.82) is 0 Å². The van der Waals surface area contributed by atoms with E-state index in [1.165, 1.54) is 28.4 Å². The first-order valence-electron chi connectivity index (χ1n) is 9.31. The maximum absolute atomic E-state index is 12.4. The normalized spacial score (nSPS) is 10.4. The van der Waals surface area contributed by atoms with Gasteiger partial charge in [-0.2, -0.15) is 0 Å². The van der Waals surface area contributed by atoms with Gasteiger partial charge < -0.3 is 33.4 Å². The number of carbonyl (C=O) groups is 1. The van der Waals surface area contributed by atoms with E-state index in [-0.39, 0.29) is 22.8 Å². The number of benzene rings is 2. The van der Waals surface area contributed by atoms with Crippen LogP contribution in [0.5, 0.6) is 28.7 Å². The number of methoxy groups -OCH3 is 5. The second-order valence-electron chi connectivity index (χ2n) is 6.19.